The van der Waals surface area contributed by atoms with Crippen LogP contribution in [0.15, 0.2) is 146 Å². The molecule has 0 fully saturated rings. The highest BCUT2D eigenvalue weighted by Crippen LogP contribution is 2.53. The minimum absolute atomic E-state index is 0.0128. The van der Waals surface area contributed by atoms with E-state index in [9.17, 15) is 0 Å². The quantitative estimate of drug-likeness (QED) is 0.178. The second-order valence-corrected chi connectivity index (χ2v) is 16.6. The SMILES string of the molecule is CC1(C)c2ccccc2-c2cc(-c3cc(-c4ccc5c(c4)C(C)(C)c4ccccc4-5)cc(-c4ccc5c(c4)C(C)(C)c4ccccc4-5)c3)ccc21. The Balaban J connectivity index is 1.17. The molecule has 10 rings (SSSR count). The van der Waals surface area contributed by atoms with Crippen molar-refractivity contribution in [3.8, 4) is 66.8 Å². The Hall–Kier alpha value is -5.46. The van der Waals surface area contributed by atoms with Gasteiger partial charge in [0.2, 0.25) is 0 Å². The maximum atomic E-state index is 2.46. The molecular formula is C51H42. The van der Waals surface area contributed by atoms with E-state index in [0.717, 1.165) is 0 Å². The third kappa shape index (κ3) is 4.20. The number of rotatable bonds is 3. The van der Waals surface area contributed by atoms with Gasteiger partial charge < -0.3 is 0 Å². The minimum Gasteiger partial charge on any atom is -0.0619 e. The summed E-state index contributed by atoms with van der Waals surface area (Å²) in [5.41, 5.74) is 24.0. The maximum absolute atomic E-state index is 2.46. The molecule has 7 aromatic rings. The van der Waals surface area contributed by atoms with Gasteiger partial charge in [-0.05, 0) is 137 Å². The summed E-state index contributed by atoms with van der Waals surface area (Å²) in [6.07, 6.45) is 0. The first-order valence-corrected chi connectivity index (χ1v) is 18.4. The molecule has 3 aliphatic carbocycles. The molecule has 0 heterocycles. The molecule has 3 aliphatic rings. The number of fused-ring (bicyclic) bond motifs is 9. The van der Waals surface area contributed by atoms with Crippen LogP contribution in [0.2, 0.25) is 0 Å². The summed E-state index contributed by atoms with van der Waals surface area (Å²) in [6, 6.07) is 55.5. The van der Waals surface area contributed by atoms with Crippen LogP contribution < -0.4 is 0 Å². The highest BCUT2D eigenvalue weighted by molar-refractivity contribution is 5.90. The van der Waals surface area contributed by atoms with Gasteiger partial charge in [-0.25, -0.2) is 0 Å². The number of hydrogen-bond acceptors (Lipinski definition) is 0. The van der Waals surface area contributed by atoms with Crippen molar-refractivity contribution in [2.75, 3.05) is 0 Å². The Morgan fingerprint density at radius 3 is 1.00 bits per heavy atom. The molecule has 0 bridgehead atoms. The Morgan fingerprint density at radius 2 is 0.549 bits per heavy atom. The molecule has 0 radical (unpaired) electrons. The van der Waals surface area contributed by atoms with Crippen LogP contribution >= 0.6 is 0 Å². The average molecular weight is 655 g/mol. The van der Waals surface area contributed by atoms with E-state index < -0.39 is 0 Å². The lowest BCUT2D eigenvalue weighted by atomic mass is 9.80. The standard InChI is InChI=1S/C51H42/c1-49(2)45-18-12-9-15-39(45)42-28-31(21-24-46(42)49)34-25-35(32-19-22-40-37-13-7-10-16-43(37)50(3,4)47(40)29-32)27-36(26-34)33-20-23-41-38-14-8-11-17-44(38)51(5,6)48(41)30-33/h7-30H,1-6H3. The molecule has 0 aromatic heterocycles. The summed E-state index contributed by atoms with van der Waals surface area (Å²) in [4.78, 5) is 0. The predicted octanol–water partition coefficient (Wildman–Crippen LogP) is 13.6. The number of benzene rings is 7. The van der Waals surface area contributed by atoms with Crippen LogP contribution in [0.4, 0.5) is 0 Å². The largest absolute Gasteiger partial charge is 0.0619 e. The lowest BCUT2D eigenvalue weighted by molar-refractivity contribution is 0.660. The topological polar surface area (TPSA) is 0 Å². The summed E-state index contributed by atoms with van der Waals surface area (Å²) < 4.78 is 0. The lowest BCUT2D eigenvalue weighted by Crippen LogP contribution is -2.15. The van der Waals surface area contributed by atoms with E-state index in [0.29, 0.717) is 0 Å². The van der Waals surface area contributed by atoms with Crippen LogP contribution in [0.25, 0.3) is 66.8 Å². The van der Waals surface area contributed by atoms with Gasteiger partial charge in [0.15, 0.2) is 0 Å². The first-order valence-electron chi connectivity index (χ1n) is 18.4. The minimum atomic E-state index is -0.0525. The van der Waals surface area contributed by atoms with Crippen molar-refractivity contribution in [1.82, 2.24) is 0 Å². The fourth-order valence-electron chi connectivity index (χ4n) is 9.80. The monoisotopic (exact) mass is 654 g/mol. The maximum Gasteiger partial charge on any atom is 0.0159 e. The smallest absolute Gasteiger partial charge is 0.0159 e. The molecule has 0 atom stereocenters. The van der Waals surface area contributed by atoms with Gasteiger partial charge in [-0.15, -0.1) is 0 Å². The zero-order valence-corrected chi connectivity index (χ0v) is 30.4. The van der Waals surface area contributed by atoms with Crippen LogP contribution in [0, 0.1) is 0 Å². The van der Waals surface area contributed by atoms with Crippen LogP contribution in [0.5, 0.6) is 0 Å². The third-order valence-corrected chi connectivity index (χ3v) is 12.7. The van der Waals surface area contributed by atoms with Gasteiger partial charge in [0.1, 0.15) is 0 Å². The molecule has 246 valence electrons. The van der Waals surface area contributed by atoms with Gasteiger partial charge in [0.25, 0.3) is 0 Å². The lowest BCUT2D eigenvalue weighted by Gasteiger charge is -2.23. The summed E-state index contributed by atoms with van der Waals surface area (Å²) in [7, 11) is 0. The second kappa shape index (κ2) is 10.3. The fourth-order valence-corrected chi connectivity index (χ4v) is 9.80. The molecule has 0 unspecified atom stereocenters. The zero-order chi connectivity index (χ0) is 34.9. The van der Waals surface area contributed by atoms with Crippen molar-refractivity contribution in [3.05, 3.63) is 179 Å². The van der Waals surface area contributed by atoms with Crippen LogP contribution in [0.3, 0.4) is 0 Å². The van der Waals surface area contributed by atoms with E-state index in [1.165, 1.54) is 100 Å². The fraction of sp³-hybridized carbons (Fsp3) is 0.176. The van der Waals surface area contributed by atoms with Crippen molar-refractivity contribution in [3.63, 3.8) is 0 Å². The third-order valence-electron chi connectivity index (χ3n) is 12.7. The number of hydrogen-bond donors (Lipinski definition) is 0. The van der Waals surface area contributed by atoms with Gasteiger partial charge in [-0.3, -0.25) is 0 Å². The summed E-state index contributed by atoms with van der Waals surface area (Å²) in [5.74, 6) is 0. The molecule has 0 saturated heterocycles. The molecule has 0 saturated carbocycles. The molecule has 51 heavy (non-hydrogen) atoms. The Kier molecular flexibility index (Phi) is 6.13. The van der Waals surface area contributed by atoms with E-state index >= 15 is 0 Å². The van der Waals surface area contributed by atoms with Crippen LogP contribution in [0.1, 0.15) is 74.9 Å². The van der Waals surface area contributed by atoms with Crippen LogP contribution in [-0.4, -0.2) is 0 Å². The van der Waals surface area contributed by atoms with Gasteiger partial charge in [0.05, 0.1) is 0 Å². The summed E-state index contributed by atoms with van der Waals surface area (Å²) >= 11 is 0. The van der Waals surface area contributed by atoms with E-state index in [-0.39, 0.29) is 16.2 Å². The zero-order valence-electron chi connectivity index (χ0n) is 30.4. The van der Waals surface area contributed by atoms with E-state index in [1.54, 1.807) is 0 Å². The second-order valence-electron chi connectivity index (χ2n) is 16.6. The summed E-state index contributed by atoms with van der Waals surface area (Å²) in [5, 5.41) is 0. The molecule has 7 aromatic carbocycles. The predicted molar refractivity (Wildman–Crippen MR) is 215 cm³/mol. The van der Waals surface area contributed by atoms with Crippen molar-refractivity contribution in [2.24, 2.45) is 0 Å². The van der Waals surface area contributed by atoms with Crippen LogP contribution in [-0.2, 0) is 16.2 Å². The van der Waals surface area contributed by atoms with Gasteiger partial charge in [-0.1, -0.05) is 151 Å². The van der Waals surface area contributed by atoms with E-state index in [1.807, 2.05) is 0 Å². The molecule has 0 spiro atoms. The molecule has 0 heteroatoms. The van der Waals surface area contributed by atoms with Crippen molar-refractivity contribution in [1.29, 1.82) is 0 Å². The average Bonchev–Trinajstić information content (AvgIpc) is 3.64. The first-order chi connectivity index (χ1) is 24.5. The van der Waals surface area contributed by atoms with Crippen molar-refractivity contribution >= 4 is 0 Å². The Morgan fingerprint density at radius 1 is 0.235 bits per heavy atom. The Labute approximate surface area is 302 Å². The van der Waals surface area contributed by atoms with Crippen molar-refractivity contribution in [2.45, 2.75) is 57.8 Å². The highest BCUT2D eigenvalue weighted by atomic mass is 14.4. The molecule has 0 nitrogen and oxygen atoms in total. The Bertz CT molecular complexity index is 2480. The van der Waals surface area contributed by atoms with Crippen molar-refractivity contribution < 1.29 is 0 Å². The molecule has 0 N–H and O–H groups in total. The van der Waals surface area contributed by atoms with E-state index in [4.69, 9.17) is 0 Å². The van der Waals surface area contributed by atoms with E-state index in [2.05, 4.69) is 187 Å². The van der Waals surface area contributed by atoms with Gasteiger partial charge in [0, 0.05) is 16.2 Å². The molecule has 0 aliphatic heterocycles. The van der Waals surface area contributed by atoms with Gasteiger partial charge in [-0.2, -0.15) is 0 Å². The summed E-state index contributed by atoms with van der Waals surface area (Å²) in [6.45, 7) is 14.2. The molecular weight excluding hydrogens is 613 g/mol. The highest BCUT2D eigenvalue weighted by Gasteiger charge is 2.37. The first kappa shape index (κ1) is 30.4. The molecule has 0 amide bonds. The normalized spacial score (nSPS) is 16.1. The van der Waals surface area contributed by atoms with Gasteiger partial charge >= 0.3 is 0 Å².